The third kappa shape index (κ3) is 6.71. The predicted octanol–water partition coefficient (Wildman–Crippen LogP) is 3.52. The zero-order valence-corrected chi connectivity index (χ0v) is 19.5. The van der Waals surface area contributed by atoms with Crippen molar-refractivity contribution in [3.05, 3.63) is 59.7 Å². The van der Waals surface area contributed by atoms with Crippen LogP contribution in [-0.2, 0) is 19.0 Å². The normalized spacial score (nSPS) is 13.4. The maximum Gasteiger partial charge on any atom is 0.407 e. The summed E-state index contributed by atoms with van der Waals surface area (Å²) in [5, 5.41) is 14.2. The van der Waals surface area contributed by atoms with Gasteiger partial charge in [-0.25, -0.2) is 14.4 Å². The van der Waals surface area contributed by atoms with Crippen LogP contribution in [0, 0.1) is 0 Å². The third-order valence-corrected chi connectivity index (χ3v) is 5.13. The van der Waals surface area contributed by atoms with Gasteiger partial charge in [-0.05, 0) is 43.0 Å². The number of carbonyl (C=O) groups excluding carboxylic acids is 2. The van der Waals surface area contributed by atoms with Gasteiger partial charge in [-0.3, -0.25) is 0 Å². The van der Waals surface area contributed by atoms with Gasteiger partial charge in [0.1, 0.15) is 12.2 Å². The Bertz CT molecular complexity index is 986. The number of carbonyl (C=O) groups is 3. The van der Waals surface area contributed by atoms with Crippen LogP contribution in [0.15, 0.2) is 48.5 Å². The van der Waals surface area contributed by atoms with Crippen LogP contribution in [0.4, 0.5) is 9.59 Å². The van der Waals surface area contributed by atoms with Gasteiger partial charge in [0.2, 0.25) is 0 Å². The van der Waals surface area contributed by atoms with E-state index < -0.39 is 29.8 Å². The van der Waals surface area contributed by atoms with Gasteiger partial charge in [-0.2, -0.15) is 0 Å². The molecular formula is C25H30N2O7. The number of aliphatic carboxylic acids is 1. The van der Waals surface area contributed by atoms with Crippen molar-refractivity contribution in [2.75, 3.05) is 26.4 Å². The molecule has 3 N–H and O–H groups in total. The summed E-state index contributed by atoms with van der Waals surface area (Å²) in [6.45, 7) is 5.21. The SMILES string of the molecule is CC(C)(C)OC(=O)NCCOC[C@@H](NC(=O)OCC1c2ccccc2-c2ccccc21)C(=O)O. The predicted molar refractivity (Wildman–Crippen MR) is 125 cm³/mol. The molecule has 2 aromatic carbocycles. The molecule has 9 heteroatoms. The fourth-order valence-corrected chi connectivity index (χ4v) is 3.70. The number of nitrogens with one attached hydrogen (secondary N) is 2. The molecule has 2 aromatic rings. The second kappa shape index (κ2) is 11.0. The summed E-state index contributed by atoms with van der Waals surface area (Å²) in [5.74, 6) is -1.38. The van der Waals surface area contributed by atoms with Crippen LogP contribution in [0.2, 0.25) is 0 Å². The average molecular weight is 471 g/mol. The van der Waals surface area contributed by atoms with E-state index in [-0.39, 0.29) is 32.3 Å². The van der Waals surface area contributed by atoms with Crippen molar-refractivity contribution < 1.29 is 33.7 Å². The Morgan fingerprint density at radius 3 is 2.12 bits per heavy atom. The van der Waals surface area contributed by atoms with Crippen LogP contribution in [0.25, 0.3) is 11.1 Å². The number of benzene rings is 2. The van der Waals surface area contributed by atoms with Crippen LogP contribution in [0.5, 0.6) is 0 Å². The van der Waals surface area contributed by atoms with Crippen molar-refractivity contribution >= 4 is 18.2 Å². The zero-order chi connectivity index (χ0) is 24.7. The average Bonchev–Trinajstić information content (AvgIpc) is 3.09. The highest BCUT2D eigenvalue weighted by Gasteiger charge is 2.29. The molecule has 0 saturated carbocycles. The smallest absolute Gasteiger partial charge is 0.407 e. The van der Waals surface area contributed by atoms with Gasteiger partial charge in [0.15, 0.2) is 6.04 Å². The highest BCUT2D eigenvalue weighted by atomic mass is 16.6. The fraction of sp³-hybridized carbons (Fsp3) is 0.400. The van der Waals surface area contributed by atoms with Crippen LogP contribution in [-0.4, -0.2) is 61.3 Å². The molecule has 0 aliphatic heterocycles. The van der Waals surface area contributed by atoms with Crippen molar-refractivity contribution in [2.24, 2.45) is 0 Å². The molecule has 9 nitrogen and oxygen atoms in total. The molecule has 0 aromatic heterocycles. The maximum atomic E-state index is 12.3. The molecule has 1 aliphatic rings. The summed E-state index contributed by atoms with van der Waals surface area (Å²) in [4.78, 5) is 35.4. The van der Waals surface area contributed by atoms with E-state index in [0.717, 1.165) is 22.3 Å². The number of amides is 2. The lowest BCUT2D eigenvalue weighted by Crippen LogP contribution is -2.45. The first-order valence-corrected chi connectivity index (χ1v) is 11.0. The second-order valence-electron chi connectivity index (χ2n) is 8.86. The van der Waals surface area contributed by atoms with E-state index in [2.05, 4.69) is 10.6 Å². The number of alkyl carbamates (subject to hydrolysis) is 2. The van der Waals surface area contributed by atoms with Crippen molar-refractivity contribution in [3.63, 3.8) is 0 Å². The Balaban J connectivity index is 1.46. The summed E-state index contributed by atoms with van der Waals surface area (Å²) in [7, 11) is 0. The summed E-state index contributed by atoms with van der Waals surface area (Å²) in [6.07, 6.45) is -1.44. The highest BCUT2D eigenvalue weighted by molar-refractivity contribution is 5.81. The van der Waals surface area contributed by atoms with Crippen molar-refractivity contribution in [1.29, 1.82) is 0 Å². The van der Waals surface area contributed by atoms with Gasteiger partial charge in [-0.1, -0.05) is 48.5 Å². The monoisotopic (exact) mass is 470 g/mol. The number of fused-ring (bicyclic) bond motifs is 3. The maximum absolute atomic E-state index is 12.3. The van der Waals surface area contributed by atoms with Crippen LogP contribution in [0.1, 0.15) is 37.8 Å². The minimum Gasteiger partial charge on any atom is -0.480 e. The van der Waals surface area contributed by atoms with Crippen LogP contribution in [0.3, 0.4) is 0 Å². The van der Waals surface area contributed by atoms with E-state index >= 15 is 0 Å². The Labute approximate surface area is 198 Å². The van der Waals surface area contributed by atoms with Crippen LogP contribution >= 0.6 is 0 Å². The zero-order valence-electron chi connectivity index (χ0n) is 19.5. The minimum absolute atomic E-state index is 0.0510. The first-order chi connectivity index (χ1) is 16.2. The molecule has 1 atom stereocenters. The van der Waals surface area contributed by atoms with E-state index in [1.54, 1.807) is 20.8 Å². The van der Waals surface area contributed by atoms with E-state index in [4.69, 9.17) is 14.2 Å². The minimum atomic E-state index is -1.29. The van der Waals surface area contributed by atoms with Crippen LogP contribution < -0.4 is 10.6 Å². The van der Waals surface area contributed by atoms with E-state index in [1.807, 2.05) is 48.5 Å². The number of carboxylic acid groups (broad SMARTS) is 1. The molecule has 0 radical (unpaired) electrons. The molecule has 0 heterocycles. The first kappa shape index (κ1) is 25.0. The van der Waals surface area contributed by atoms with Gasteiger partial charge < -0.3 is 30.0 Å². The Morgan fingerprint density at radius 1 is 0.971 bits per heavy atom. The molecule has 0 spiro atoms. The van der Waals surface area contributed by atoms with Crippen molar-refractivity contribution in [2.45, 2.75) is 38.3 Å². The first-order valence-electron chi connectivity index (χ1n) is 11.0. The van der Waals surface area contributed by atoms with Gasteiger partial charge in [0, 0.05) is 12.5 Å². The summed E-state index contributed by atoms with van der Waals surface area (Å²) >= 11 is 0. The van der Waals surface area contributed by atoms with Gasteiger partial charge in [0.25, 0.3) is 0 Å². The summed E-state index contributed by atoms with van der Waals surface area (Å²) in [5.41, 5.74) is 3.71. The number of hydrogen-bond donors (Lipinski definition) is 3. The molecule has 34 heavy (non-hydrogen) atoms. The third-order valence-electron chi connectivity index (χ3n) is 5.13. The molecule has 2 amide bonds. The lowest BCUT2D eigenvalue weighted by atomic mass is 9.98. The van der Waals surface area contributed by atoms with E-state index in [9.17, 15) is 19.5 Å². The second-order valence-corrected chi connectivity index (χ2v) is 8.86. The molecule has 0 saturated heterocycles. The summed E-state index contributed by atoms with van der Waals surface area (Å²) in [6, 6.07) is 14.6. The lowest BCUT2D eigenvalue weighted by molar-refractivity contribution is -0.141. The van der Waals surface area contributed by atoms with Crippen molar-refractivity contribution in [3.8, 4) is 11.1 Å². The Hall–Kier alpha value is -3.59. The standard InChI is InChI=1S/C25H30N2O7/c1-25(2,3)34-23(30)26-12-13-32-15-21(22(28)29)27-24(31)33-14-20-18-10-6-4-8-16(18)17-9-5-7-11-19(17)20/h4-11,20-21H,12-15H2,1-3H3,(H,26,30)(H,27,31)(H,28,29)/t21-/m1/s1. The van der Waals surface area contributed by atoms with Crippen molar-refractivity contribution in [1.82, 2.24) is 10.6 Å². The number of carboxylic acids is 1. The lowest BCUT2D eigenvalue weighted by Gasteiger charge is -2.20. The van der Waals surface area contributed by atoms with Gasteiger partial charge in [-0.15, -0.1) is 0 Å². The topological polar surface area (TPSA) is 123 Å². The Kier molecular flexibility index (Phi) is 8.12. The molecular weight excluding hydrogens is 440 g/mol. The fourth-order valence-electron chi connectivity index (χ4n) is 3.70. The van der Waals surface area contributed by atoms with Gasteiger partial charge in [0.05, 0.1) is 13.2 Å². The van der Waals surface area contributed by atoms with E-state index in [1.165, 1.54) is 0 Å². The highest BCUT2D eigenvalue weighted by Crippen LogP contribution is 2.44. The number of rotatable bonds is 9. The summed E-state index contributed by atoms with van der Waals surface area (Å²) < 4.78 is 15.8. The molecule has 1 aliphatic carbocycles. The van der Waals surface area contributed by atoms with E-state index in [0.29, 0.717) is 0 Å². The number of ether oxygens (including phenoxy) is 3. The number of hydrogen-bond acceptors (Lipinski definition) is 6. The molecule has 0 unspecified atom stereocenters. The Morgan fingerprint density at radius 2 is 1.56 bits per heavy atom. The molecule has 3 rings (SSSR count). The van der Waals surface area contributed by atoms with Gasteiger partial charge >= 0.3 is 18.2 Å². The molecule has 182 valence electrons. The molecule has 0 bridgehead atoms. The quantitative estimate of drug-likeness (QED) is 0.479. The largest absolute Gasteiger partial charge is 0.480 e. The molecule has 0 fully saturated rings.